The second-order valence-corrected chi connectivity index (χ2v) is 5.28. The molecule has 1 aliphatic rings. The molecule has 1 aromatic carbocycles. The first-order valence-corrected chi connectivity index (χ1v) is 7.00. The summed E-state index contributed by atoms with van der Waals surface area (Å²) >= 11 is 0. The first-order valence-electron chi connectivity index (χ1n) is 7.00. The second-order valence-electron chi connectivity index (χ2n) is 5.28. The van der Waals surface area contributed by atoms with Crippen molar-refractivity contribution in [3.63, 3.8) is 0 Å². The van der Waals surface area contributed by atoms with Crippen LogP contribution in [-0.2, 0) is 15.1 Å². The minimum absolute atomic E-state index is 0.137. The van der Waals surface area contributed by atoms with E-state index in [0.29, 0.717) is 19.6 Å². The quantitative estimate of drug-likeness (QED) is 0.862. The molecule has 0 bridgehead atoms. The molecule has 1 aromatic rings. The summed E-state index contributed by atoms with van der Waals surface area (Å²) in [7, 11) is 1.28. The van der Waals surface area contributed by atoms with Crippen molar-refractivity contribution in [1.29, 1.82) is 0 Å². The highest BCUT2D eigenvalue weighted by molar-refractivity contribution is 5.82. The highest BCUT2D eigenvalue weighted by Gasteiger charge is 2.44. The van der Waals surface area contributed by atoms with Crippen LogP contribution in [0.5, 0.6) is 0 Å². The minimum Gasteiger partial charge on any atom is -0.467 e. The van der Waals surface area contributed by atoms with Crippen molar-refractivity contribution in [2.45, 2.75) is 18.9 Å². The highest BCUT2D eigenvalue weighted by Crippen LogP contribution is 2.32. The number of ether oxygens (including phenoxy) is 1. The van der Waals surface area contributed by atoms with Gasteiger partial charge in [0.1, 0.15) is 17.2 Å². The molecule has 0 aliphatic carbocycles. The summed E-state index contributed by atoms with van der Waals surface area (Å²) in [5.41, 5.74) is -1.13. The third-order valence-electron chi connectivity index (χ3n) is 4.01. The molecular weight excluding hydrogens is 278 g/mol. The number of hydrogen-bond acceptors (Lipinski definition) is 4. The Bertz CT molecular complexity index is 516. The van der Waals surface area contributed by atoms with Gasteiger partial charge in [0.05, 0.1) is 7.11 Å². The molecule has 0 amide bonds. The third-order valence-corrected chi connectivity index (χ3v) is 4.01. The number of carbonyl (C=O) groups excluding carboxylic acids is 1. The largest absolute Gasteiger partial charge is 0.467 e. The standard InChI is InChI=1S/C15H20F2N2O2/c1-15(14(20)21-2,19-8-3-6-18-7-9-19)12-5-4-11(16)10-13(12)17/h4-5,10,18H,3,6-9H2,1-2H3. The van der Waals surface area contributed by atoms with Crippen molar-refractivity contribution in [2.24, 2.45) is 0 Å². The van der Waals surface area contributed by atoms with Crippen molar-refractivity contribution < 1.29 is 18.3 Å². The SMILES string of the molecule is COC(=O)C(C)(c1ccc(F)cc1F)N1CCCNCC1. The summed E-state index contributed by atoms with van der Waals surface area (Å²) in [4.78, 5) is 14.2. The zero-order valence-corrected chi connectivity index (χ0v) is 12.3. The Morgan fingerprint density at radius 2 is 2.10 bits per heavy atom. The van der Waals surface area contributed by atoms with Gasteiger partial charge in [0, 0.05) is 31.3 Å². The van der Waals surface area contributed by atoms with E-state index in [1.165, 1.54) is 13.2 Å². The number of hydrogen-bond donors (Lipinski definition) is 1. The molecule has 21 heavy (non-hydrogen) atoms. The Labute approximate surface area is 123 Å². The van der Waals surface area contributed by atoms with Crippen LogP contribution in [0, 0.1) is 11.6 Å². The molecule has 1 atom stereocenters. The molecule has 1 aliphatic heterocycles. The van der Waals surface area contributed by atoms with Crippen molar-refractivity contribution in [3.8, 4) is 0 Å². The molecular formula is C15H20F2N2O2. The summed E-state index contributed by atoms with van der Waals surface area (Å²) in [6, 6.07) is 3.28. The predicted octanol–water partition coefficient (Wildman–Crippen LogP) is 1.65. The Morgan fingerprint density at radius 1 is 1.33 bits per heavy atom. The molecule has 1 N–H and O–H groups in total. The number of esters is 1. The van der Waals surface area contributed by atoms with E-state index in [0.717, 1.165) is 25.1 Å². The molecule has 1 saturated heterocycles. The summed E-state index contributed by atoms with van der Waals surface area (Å²) in [6.07, 6.45) is 0.843. The molecule has 1 fully saturated rings. The Morgan fingerprint density at radius 3 is 2.76 bits per heavy atom. The number of nitrogens with zero attached hydrogens (tertiary/aromatic N) is 1. The Hall–Kier alpha value is -1.53. The summed E-state index contributed by atoms with van der Waals surface area (Å²) in [6.45, 7) is 4.40. The lowest BCUT2D eigenvalue weighted by atomic mass is 9.89. The number of rotatable bonds is 3. The van der Waals surface area contributed by atoms with E-state index < -0.39 is 23.1 Å². The van der Waals surface area contributed by atoms with E-state index in [1.807, 2.05) is 4.90 Å². The van der Waals surface area contributed by atoms with Crippen molar-refractivity contribution >= 4 is 5.97 Å². The number of carbonyl (C=O) groups is 1. The van der Waals surface area contributed by atoms with Gasteiger partial charge in [-0.15, -0.1) is 0 Å². The van der Waals surface area contributed by atoms with Gasteiger partial charge in [0.15, 0.2) is 0 Å². The summed E-state index contributed by atoms with van der Waals surface area (Å²) in [5, 5.41) is 3.23. The maximum Gasteiger partial charge on any atom is 0.330 e. The van der Waals surface area contributed by atoms with Crippen LogP contribution < -0.4 is 5.32 Å². The van der Waals surface area contributed by atoms with Crippen LogP contribution in [0.1, 0.15) is 18.9 Å². The van der Waals surface area contributed by atoms with Gasteiger partial charge in [0.25, 0.3) is 0 Å². The molecule has 0 spiro atoms. The zero-order chi connectivity index (χ0) is 15.5. The van der Waals surface area contributed by atoms with Crippen molar-refractivity contribution in [3.05, 3.63) is 35.4 Å². The molecule has 0 aromatic heterocycles. The van der Waals surface area contributed by atoms with Gasteiger partial charge in [-0.3, -0.25) is 4.90 Å². The fourth-order valence-electron chi connectivity index (χ4n) is 2.79. The van der Waals surface area contributed by atoms with Crippen LogP contribution in [0.15, 0.2) is 18.2 Å². The van der Waals surface area contributed by atoms with Crippen molar-refractivity contribution in [1.82, 2.24) is 10.2 Å². The van der Waals surface area contributed by atoms with E-state index in [9.17, 15) is 13.6 Å². The lowest BCUT2D eigenvalue weighted by molar-refractivity contribution is -0.155. The average Bonchev–Trinajstić information content (AvgIpc) is 2.75. The lowest BCUT2D eigenvalue weighted by Crippen LogP contribution is -2.52. The monoisotopic (exact) mass is 298 g/mol. The van der Waals surface area contributed by atoms with Crippen LogP contribution in [-0.4, -0.2) is 44.2 Å². The first kappa shape index (κ1) is 15.9. The van der Waals surface area contributed by atoms with E-state index in [2.05, 4.69) is 5.32 Å². The van der Waals surface area contributed by atoms with E-state index in [4.69, 9.17) is 4.74 Å². The smallest absolute Gasteiger partial charge is 0.330 e. The fourth-order valence-corrected chi connectivity index (χ4v) is 2.79. The van der Waals surface area contributed by atoms with Gasteiger partial charge >= 0.3 is 5.97 Å². The Balaban J connectivity index is 2.47. The second kappa shape index (κ2) is 6.49. The minimum atomic E-state index is -1.27. The van der Waals surface area contributed by atoms with E-state index in [1.54, 1.807) is 6.92 Å². The van der Waals surface area contributed by atoms with Crippen LogP contribution in [0.4, 0.5) is 8.78 Å². The summed E-state index contributed by atoms with van der Waals surface area (Å²) in [5.74, 6) is -1.95. The third kappa shape index (κ3) is 3.06. The molecule has 1 heterocycles. The van der Waals surface area contributed by atoms with Crippen molar-refractivity contribution in [2.75, 3.05) is 33.3 Å². The number of halogens is 2. The van der Waals surface area contributed by atoms with Gasteiger partial charge in [-0.05, 0) is 26.0 Å². The average molecular weight is 298 g/mol. The molecule has 4 nitrogen and oxygen atoms in total. The first-order chi connectivity index (χ1) is 10.00. The van der Waals surface area contributed by atoms with E-state index >= 15 is 0 Å². The molecule has 0 radical (unpaired) electrons. The topological polar surface area (TPSA) is 41.6 Å². The summed E-state index contributed by atoms with van der Waals surface area (Å²) < 4.78 is 32.2. The molecule has 2 rings (SSSR count). The van der Waals surface area contributed by atoms with Crippen LogP contribution in [0.25, 0.3) is 0 Å². The maximum absolute atomic E-state index is 14.2. The molecule has 0 saturated carbocycles. The number of methoxy groups -OCH3 is 1. The molecule has 116 valence electrons. The van der Waals surface area contributed by atoms with Crippen LogP contribution in [0.3, 0.4) is 0 Å². The van der Waals surface area contributed by atoms with Gasteiger partial charge < -0.3 is 10.1 Å². The Kier molecular flexibility index (Phi) is 4.90. The van der Waals surface area contributed by atoms with Gasteiger partial charge in [-0.2, -0.15) is 0 Å². The lowest BCUT2D eigenvalue weighted by Gasteiger charge is -2.38. The predicted molar refractivity (Wildman–Crippen MR) is 74.8 cm³/mol. The van der Waals surface area contributed by atoms with Gasteiger partial charge in [-0.1, -0.05) is 6.07 Å². The molecule has 6 heteroatoms. The van der Waals surface area contributed by atoms with Gasteiger partial charge in [0.2, 0.25) is 0 Å². The van der Waals surface area contributed by atoms with Gasteiger partial charge in [-0.25, -0.2) is 13.6 Å². The molecule has 1 unspecified atom stereocenters. The fraction of sp³-hybridized carbons (Fsp3) is 0.533. The number of benzene rings is 1. The normalized spacial score (nSPS) is 19.6. The van der Waals surface area contributed by atoms with Crippen LogP contribution >= 0.6 is 0 Å². The zero-order valence-electron chi connectivity index (χ0n) is 12.3. The highest BCUT2D eigenvalue weighted by atomic mass is 19.1. The van der Waals surface area contributed by atoms with E-state index in [-0.39, 0.29) is 5.56 Å². The number of nitrogens with one attached hydrogen (secondary N) is 1. The maximum atomic E-state index is 14.2. The van der Waals surface area contributed by atoms with Crippen LogP contribution in [0.2, 0.25) is 0 Å².